The summed E-state index contributed by atoms with van der Waals surface area (Å²) >= 11 is 0. The molecule has 2 heterocycles. The third-order valence-electron chi connectivity index (χ3n) is 10.1. The molecule has 1 aliphatic carbocycles. The number of rotatable bonds is 7. The highest BCUT2D eigenvalue weighted by Gasteiger charge is 2.43. The molecule has 3 aromatic carbocycles. The fourth-order valence-corrected chi connectivity index (χ4v) is 7.53. The zero-order chi connectivity index (χ0) is 34.5. The van der Waals surface area contributed by atoms with Crippen LogP contribution in [-0.2, 0) is 10.8 Å². The molecule has 7 nitrogen and oxygen atoms in total. The number of anilines is 1. The van der Waals surface area contributed by atoms with Crippen LogP contribution in [0.1, 0.15) is 79.3 Å². The quantitative estimate of drug-likeness (QED) is 0.272. The van der Waals surface area contributed by atoms with E-state index >= 15 is 0 Å². The van der Waals surface area contributed by atoms with Gasteiger partial charge in [0.2, 0.25) is 5.69 Å². The number of aromatic carboxylic acids is 2. The predicted octanol–water partition coefficient (Wildman–Crippen LogP) is 7.31. The number of carboxylic acids is 2. The van der Waals surface area contributed by atoms with Crippen LogP contribution in [0.3, 0.4) is 0 Å². The van der Waals surface area contributed by atoms with Crippen molar-refractivity contribution in [1.29, 1.82) is 0 Å². The highest BCUT2D eigenvalue weighted by molar-refractivity contribution is 6.04. The van der Waals surface area contributed by atoms with E-state index in [9.17, 15) is 19.8 Å². The van der Waals surface area contributed by atoms with Crippen molar-refractivity contribution in [1.82, 2.24) is 0 Å². The molecular formula is C41H42N2O5. The van der Waals surface area contributed by atoms with E-state index in [-0.39, 0.29) is 11.1 Å². The molecule has 0 fully saturated rings. The number of carboxylic acid groups (broad SMARTS) is 2. The molecular weight excluding hydrogens is 600 g/mol. The molecule has 2 aliphatic heterocycles. The molecule has 1 atom stereocenters. The fraction of sp³-hybridized carbons (Fsp3) is 0.293. The van der Waals surface area contributed by atoms with Gasteiger partial charge in [0.15, 0.2) is 5.71 Å². The van der Waals surface area contributed by atoms with Gasteiger partial charge in [-0.3, -0.25) is 0 Å². The van der Waals surface area contributed by atoms with Crippen LogP contribution in [0, 0.1) is 5.92 Å². The maximum atomic E-state index is 11.8. The van der Waals surface area contributed by atoms with Gasteiger partial charge >= 0.3 is 5.97 Å². The normalized spacial score (nSPS) is 21.3. The molecule has 6 rings (SSSR count). The number of likely N-dealkylation sites (N-methyl/N-ethyl adjacent to an activating group) is 1. The van der Waals surface area contributed by atoms with Crippen molar-refractivity contribution in [2.75, 3.05) is 19.0 Å². The minimum Gasteiger partial charge on any atom is -0.545 e. The first-order chi connectivity index (χ1) is 22.7. The number of nitrogens with zero attached hydrogens (tertiary/aromatic N) is 2. The Balaban J connectivity index is 1.43. The van der Waals surface area contributed by atoms with Crippen LogP contribution in [-0.4, -0.2) is 41.4 Å². The second kappa shape index (κ2) is 12.1. The van der Waals surface area contributed by atoms with Crippen LogP contribution < -0.4 is 14.7 Å². The summed E-state index contributed by atoms with van der Waals surface area (Å²) in [5, 5.41) is 21.3. The fourth-order valence-electron chi connectivity index (χ4n) is 7.53. The number of ether oxygens (including phenoxy) is 1. The molecule has 1 N–H and O–H groups in total. The van der Waals surface area contributed by atoms with Crippen molar-refractivity contribution >= 4 is 29.0 Å². The SMILES string of the molecule is CC1CC(=CC=C2N(C)c3ccc(C(=O)O)cc3C2(C)C)C(Oc2ccccc2)=C(C=CC2=[N+](C)c3ccc(C(=O)[O-])cc3C2(C)C)C1. The minimum absolute atomic E-state index is 0.174. The largest absolute Gasteiger partial charge is 0.545 e. The van der Waals surface area contributed by atoms with Crippen LogP contribution >= 0.6 is 0 Å². The molecule has 0 radical (unpaired) electrons. The molecule has 0 bridgehead atoms. The summed E-state index contributed by atoms with van der Waals surface area (Å²) < 4.78 is 8.81. The first-order valence-corrected chi connectivity index (χ1v) is 16.3. The molecule has 246 valence electrons. The van der Waals surface area contributed by atoms with Crippen molar-refractivity contribution < 1.29 is 29.1 Å². The number of para-hydroxylation sites is 1. The minimum atomic E-state index is -1.18. The van der Waals surface area contributed by atoms with Gasteiger partial charge in [-0.2, -0.15) is 4.58 Å². The molecule has 0 amide bonds. The summed E-state index contributed by atoms with van der Waals surface area (Å²) in [6.07, 6.45) is 10.3. The molecule has 0 saturated heterocycles. The van der Waals surface area contributed by atoms with Crippen molar-refractivity contribution in [3.8, 4) is 5.75 Å². The van der Waals surface area contributed by atoms with Gasteiger partial charge in [0.25, 0.3) is 0 Å². The second-order valence-electron chi connectivity index (χ2n) is 14.2. The van der Waals surface area contributed by atoms with Crippen LogP contribution in [0.2, 0.25) is 0 Å². The standard InChI is InChI=1S/C41H42N2O5/c1-25-21-26(15-19-35-40(2,3)31-23-28(38(44)45)13-17-33(31)42(35)6)37(48-30-11-9-8-10-12-30)27(22-25)16-20-36-41(4,5)32-24-29(39(46)47)14-18-34(32)43(36)7/h8-20,23-25H,21-22H2,1-7H3,(H-,44,45,46,47). The number of hydrogen-bond donors (Lipinski definition) is 1. The van der Waals surface area contributed by atoms with Crippen molar-refractivity contribution in [3.63, 3.8) is 0 Å². The Labute approximate surface area is 282 Å². The van der Waals surface area contributed by atoms with E-state index in [4.69, 9.17) is 4.74 Å². The first-order valence-electron chi connectivity index (χ1n) is 16.3. The van der Waals surface area contributed by atoms with Crippen molar-refractivity contribution in [2.24, 2.45) is 5.92 Å². The summed E-state index contributed by atoms with van der Waals surface area (Å²) in [5.74, 6) is -0.167. The monoisotopic (exact) mass is 642 g/mol. The van der Waals surface area contributed by atoms with Crippen molar-refractivity contribution in [2.45, 2.75) is 58.3 Å². The van der Waals surface area contributed by atoms with Gasteiger partial charge in [-0.05, 0) is 109 Å². The summed E-state index contributed by atoms with van der Waals surface area (Å²) in [7, 11) is 4.04. The number of hydrogen-bond acceptors (Lipinski definition) is 5. The summed E-state index contributed by atoms with van der Waals surface area (Å²) in [5.41, 5.74) is 7.83. The van der Waals surface area contributed by atoms with Gasteiger partial charge in [0.05, 0.1) is 16.9 Å². The molecule has 0 spiro atoms. The summed E-state index contributed by atoms with van der Waals surface area (Å²) in [4.78, 5) is 25.5. The van der Waals surface area contributed by atoms with Gasteiger partial charge in [-0.1, -0.05) is 45.0 Å². The van der Waals surface area contributed by atoms with Crippen molar-refractivity contribution in [3.05, 3.63) is 136 Å². The Morgan fingerprint density at radius 1 is 0.917 bits per heavy atom. The highest BCUT2D eigenvalue weighted by atomic mass is 16.5. The average molecular weight is 643 g/mol. The van der Waals surface area contributed by atoms with E-state index in [0.717, 1.165) is 69.4 Å². The lowest BCUT2D eigenvalue weighted by Crippen LogP contribution is -2.27. The third-order valence-corrected chi connectivity index (χ3v) is 10.1. The molecule has 0 saturated carbocycles. The molecule has 3 aromatic rings. The Morgan fingerprint density at radius 3 is 2.29 bits per heavy atom. The van der Waals surface area contributed by atoms with E-state index in [1.165, 1.54) is 0 Å². The number of benzene rings is 3. The van der Waals surface area contributed by atoms with E-state index in [1.54, 1.807) is 24.3 Å². The van der Waals surface area contributed by atoms with Gasteiger partial charge in [-0.25, -0.2) is 4.79 Å². The molecule has 7 heteroatoms. The lowest BCUT2D eigenvalue weighted by Gasteiger charge is -2.27. The van der Waals surface area contributed by atoms with Gasteiger partial charge in [0.1, 0.15) is 18.6 Å². The second-order valence-corrected chi connectivity index (χ2v) is 14.2. The summed E-state index contributed by atoms with van der Waals surface area (Å²) in [6, 6.07) is 20.3. The molecule has 48 heavy (non-hydrogen) atoms. The number of fused-ring (bicyclic) bond motifs is 2. The average Bonchev–Trinajstić information content (AvgIpc) is 3.36. The van der Waals surface area contributed by atoms with Crippen LogP contribution in [0.15, 0.2) is 114 Å². The molecule has 0 aromatic heterocycles. The van der Waals surface area contributed by atoms with Crippen LogP contribution in [0.25, 0.3) is 0 Å². The topological polar surface area (TPSA) is 92.9 Å². The number of allylic oxidation sites excluding steroid dienone is 7. The molecule has 3 aliphatic rings. The third kappa shape index (κ3) is 5.68. The molecule has 1 unspecified atom stereocenters. The number of carbonyl (C=O) groups is 2. The first kappa shape index (κ1) is 32.8. The van der Waals surface area contributed by atoms with E-state index < -0.39 is 22.8 Å². The predicted molar refractivity (Wildman–Crippen MR) is 187 cm³/mol. The lowest BCUT2D eigenvalue weighted by atomic mass is 9.80. The van der Waals surface area contributed by atoms with Crippen LogP contribution in [0.4, 0.5) is 11.4 Å². The Morgan fingerprint density at radius 2 is 1.60 bits per heavy atom. The Hall–Kier alpha value is -5.17. The van der Waals surface area contributed by atoms with E-state index in [2.05, 4.69) is 68.4 Å². The van der Waals surface area contributed by atoms with E-state index in [1.807, 2.05) is 56.6 Å². The Bertz CT molecular complexity index is 1990. The maximum Gasteiger partial charge on any atom is 0.335 e. The smallest absolute Gasteiger partial charge is 0.335 e. The zero-order valence-corrected chi connectivity index (χ0v) is 28.6. The van der Waals surface area contributed by atoms with Gasteiger partial charge in [-0.15, -0.1) is 0 Å². The zero-order valence-electron chi connectivity index (χ0n) is 28.6. The van der Waals surface area contributed by atoms with Crippen LogP contribution in [0.5, 0.6) is 5.75 Å². The van der Waals surface area contributed by atoms with Gasteiger partial charge < -0.3 is 24.6 Å². The Kier molecular flexibility index (Phi) is 8.28. The lowest BCUT2D eigenvalue weighted by molar-refractivity contribution is -0.401. The summed E-state index contributed by atoms with van der Waals surface area (Å²) in [6.45, 7) is 10.7. The highest BCUT2D eigenvalue weighted by Crippen LogP contribution is 2.48. The number of carbonyl (C=O) groups excluding carboxylic acids is 1. The van der Waals surface area contributed by atoms with E-state index in [0.29, 0.717) is 5.92 Å². The van der Waals surface area contributed by atoms with Gasteiger partial charge in [0, 0.05) is 41.6 Å². The maximum absolute atomic E-state index is 11.8.